The van der Waals surface area contributed by atoms with Crippen LogP contribution in [0.4, 0.5) is 0 Å². The SMILES string of the molecule is Cc1ccc(S(=O)(=O)[C-]2O[C@@H]2C[C@H](OCc2ccccc2)[C@@H](COCc2ccccc2)O[Si](C)(C)C(C)(C)C)cc1. The molecule has 3 aromatic carbocycles. The van der Waals surface area contributed by atoms with Crippen molar-refractivity contribution in [2.45, 2.75) is 88.7 Å². The Hall–Kier alpha value is -2.33. The molecule has 0 aromatic heterocycles. The molecule has 41 heavy (non-hydrogen) atoms. The minimum atomic E-state index is -3.71. The fourth-order valence-corrected chi connectivity index (χ4v) is 7.02. The van der Waals surface area contributed by atoms with Crippen molar-refractivity contribution in [3.05, 3.63) is 107 Å². The Balaban J connectivity index is 1.55. The van der Waals surface area contributed by atoms with Gasteiger partial charge in [-0.25, -0.2) is 0 Å². The fourth-order valence-electron chi connectivity index (χ4n) is 4.28. The van der Waals surface area contributed by atoms with E-state index in [1.165, 1.54) is 0 Å². The summed E-state index contributed by atoms with van der Waals surface area (Å²) in [5, 5.41) is -0.0309. The maximum absolute atomic E-state index is 13.3. The third kappa shape index (κ3) is 8.59. The Morgan fingerprint density at radius 3 is 1.98 bits per heavy atom. The highest BCUT2D eigenvalue weighted by Gasteiger charge is 2.43. The summed E-state index contributed by atoms with van der Waals surface area (Å²) in [4.78, 5) is 0.239. The molecule has 0 aliphatic carbocycles. The fraction of sp³-hybridized carbons (Fsp3) is 0.424. The van der Waals surface area contributed by atoms with Gasteiger partial charge in [0.05, 0.1) is 41.9 Å². The Morgan fingerprint density at radius 2 is 1.41 bits per heavy atom. The zero-order chi connectivity index (χ0) is 29.7. The van der Waals surface area contributed by atoms with E-state index in [9.17, 15) is 8.42 Å². The quantitative estimate of drug-likeness (QED) is 0.111. The number of aryl methyl sites for hydroxylation is 1. The van der Waals surface area contributed by atoms with E-state index in [1.54, 1.807) is 24.3 Å². The van der Waals surface area contributed by atoms with Crippen LogP contribution in [-0.4, -0.2) is 41.7 Å². The Labute approximate surface area is 247 Å². The van der Waals surface area contributed by atoms with Crippen molar-refractivity contribution in [2.75, 3.05) is 6.61 Å². The molecule has 6 nitrogen and oxygen atoms in total. The van der Waals surface area contributed by atoms with Crippen LogP contribution in [0.1, 0.15) is 43.9 Å². The number of hydrogen-bond acceptors (Lipinski definition) is 6. The van der Waals surface area contributed by atoms with E-state index in [1.807, 2.05) is 67.6 Å². The maximum Gasteiger partial charge on any atom is 0.192 e. The third-order valence-electron chi connectivity index (χ3n) is 7.87. The molecule has 1 fully saturated rings. The predicted molar refractivity (Wildman–Crippen MR) is 164 cm³/mol. The van der Waals surface area contributed by atoms with E-state index in [4.69, 9.17) is 18.6 Å². The van der Waals surface area contributed by atoms with Gasteiger partial charge in [0.15, 0.2) is 8.32 Å². The van der Waals surface area contributed by atoms with Crippen molar-refractivity contribution < 1.29 is 27.1 Å². The summed E-state index contributed by atoms with van der Waals surface area (Å²) in [6.45, 7) is 14.1. The smallest absolute Gasteiger partial charge is 0.192 e. The van der Waals surface area contributed by atoms with Crippen LogP contribution >= 0.6 is 0 Å². The van der Waals surface area contributed by atoms with E-state index < -0.39 is 36.5 Å². The molecule has 0 radical (unpaired) electrons. The highest BCUT2D eigenvalue weighted by molar-refractivity contribution is 7.94. The molecule has 1 heterocycles. The Kier molecular flexibility index (Phi) is 10.3. The number of ether oxygens (including phenoxy) is 3. The summed E-state index contributed by atoms with van der Waals surface area (Å²) >= 11 is 0. The first-order valence-electron chi connectivity index (χ1n) is 14.2. The van der Waals surface area contributed by atoms with E-state index in [2.05, 4.69) is 33.9 Å². The highest BCUT2D eigenvalue weighted by Crippen LogP contribution is 2.44. The van der Waals surface area contributed by atoms with Gasteiger partial charge in [-0.2, -0.15) is 0 Å². The zero-order valence-corrected chi connectivity index (χ0v) is 26.8. The lowest BCUT2D eigenvalue weighted by molar-refractivity contribution is -0.0796. The molecule has 0 saturated carbocycles. The third-order valence-corrected chi connectivity index (χ3v) is 14.2. The molecule has 0 bridgehead atoms. The molecule has 1 saturated heterocycles. The van der Waals surface area contributed by atoms with Gasteiger partial charge in [-0.15, -0.1) is 0 Å². The lowest BCUT2D eigenvalue weighted by atomic mass is 10.1. The van der Waals surface area contributed by atoms with Gasteiger partial charge in [-0.1, -0.05) is 111 Å². The zero-order valence-electron chi connectivity index (χ0n) is 25.0. The first-order valence-corrected chi connectivity index (χ1v) is 18.6. The van der Waals surface area contributed by atoms with Crippen LogP contribution in [0.2, 0.25) is 18.1 Å². The Morgan fingerprint density at radius 1 is 0.854 bits per heavy atom. The van der Waals surface area contributed by atoms with Crippen LogP contribution in [0.15, 0.2) is 89.8 Å². The van der Waals surface area contributed by atoms with Gasteiger partial charge in [-0.05, 0) is 54.7 Å². The topological polar surface area (TPSA) is 74.4 Å². The molecule has 4 rings (SSSR count). The van der Waals surface area contributed by atoms with Crippen LogP contribution in [0.5, 0.6) is 0 Å². The van der Waals surface area contributed by atoms with Crippen molar-refractivity contribution in [2.24, 2.45) is 0 Å². The van der Waals surface area contributed by atoms with Crippen molar-refractivity contribution in [1.29, 1.82) is 0 Å². The molecule has 0 amide bonds. The second-order valence-corrected chi connectivity index (χ2v) is 18.9. The molecule has 0 unspecified atom stereocenters. The molecule has 3 aromatic rings. The summed E-state index contributed by atoms with van der Waals surface area (Å²) in [7, 11) is -5.94. The van der Waals surface area contributed by atoms with Crippen molar-refractivity contribution in [3.8, 4) is 0 Å². The standard InChI is InChI=1S/C33H43O6SSi/c1-25-17-19-28(20-18-25)40(34,35)32-30(38-32)21-29(37-23-27-15-11-8-12-16-27)31(39-41(5,6)33(2,3)4)24-36-22-26-13-9-7-10-14-26/h7-20,29-31H,21-24H2,1-6H3/q-1/t29-,30+,31+/m0/s1. The normalized spacial score (nSPS) is 17.8. The first kappa shape index (κ1) is 31.6. The number of benzene rings is 3. The van der Waals surface area contributed by atoms with Gasteiger partial charge in [-0.3, -0.25) is 8.42 Å². The van der Waals surface area contributed by atoms with Crippen molar-refractivity contribution in [3.63, 3.8) is 0 Å². The molecule has 222 valence electrons. The molecule has 3 atom stereocenters. The summed E-state index contributed by atoms with van der Waals surface area (Å²) in [6.07, 6.45) is -1.07. The average Bonchev–Trinajstić information content (AvgIpc) is 3.71. The van der Waals surface area contributed by atoms with Crippen LogP contribution in [0, 0.1) is 12.4 Å². The van der Waals surface area contributed by atoms with Gasteiger partial charge < -0.3 is 18.6 Å². The largest absolute Gasteiger partial charge is 0.550 e. The molecule has 1 aliphatic rings. The summed E-state index contributed by atoms with van der Waals surface area (Å²) in [5.41, 5.74) is 3.19. The molecule has 8 heteroatoms. The van der Waals surface area contributed by atoms with E-state index in [0.717, 1.165) is 16.7 Å². The molecular formula is C33H43O6SSi-. The van der Waals surface area contributed by atoms with Crippen LogP contribution in [-0.2, 0) is 41.7 Å². The lowest BCUT2D eigenvalue weighted by Gasteiger charge is -2.41. The second kappa shape index (κ2) is 13.3. The van der Waals surface area contributed by atoms with Gasteiger partial charge in [0.25, 0.3) is 0 Å². The summed E-state index contributed by atoms with van der Waals surface area (Å²) in [6, 6.07) is 26.8. The minimum Gasteiger partial charge on any atom is -0.550 e. The number of sulfone groups is 1. The Bertz CT molecular complexity index is 1340. The molecular weight excluding hydrogens is 553 g/mol. The van der Waals surface area contributed by atoms with E-state index in [0.29, 0.717) is 26.2 Å². The number of rotatable bonds is 14. The van der Waals surface area contributed by atoms with Gasteiger partial charge in [0, 0.05) is 4.90 Å². The maximum atomic E-state index is 13.3. The average molecular weight is 596 g/mol. The van der Waals surface area contributed by atoms with E-state index in [-0.39, 0.29) is 15.4 Å². The number of epoxide rings is 1. The van der Waals surface area contributed by atoms with Crippen molar-refractivity contribution in [1.82, 2.24) is 0 Å². The second-order valence-electron chi connectivity index (χ2n) is 12.2. The number of hydrogen-bond donors (Lipinski definition) is 0. The monoisotopic (exact) mass is 595 g/mol. The van der Waals surface area contributed by atoms with Gasteiger partial charge in [0.2, 0.25) is 0 Å². The van der Waals surface area contributed by atoms with Gasteiger partial charge >= 0.3 is 0 Å². The summed E-state index contributed by atoms with van der Waals surface area (Å²) < 4.78 is 51.9. The minimum absolute atomic E-state index is 0.0309. The van der Waals surface area contributed by atoms with Crippen LogP contribution < -0.4 is 0 Å². The highest BCUT2D eigenvalue weighted by atomic mass is 32.2. The van der Waals surface area contributed by atoms with Crippen LogP contribution in [0.25, 0.3) is 0 Å². The van der Waals surface area contributed by atoms with Gasteiger partial charge in [0.1, 0.15) is 0 Å². The molecule has 0 spiro atoms. The van der Waals surface area contributed by atoms with Crippen LogP contribution in [0.3, 0.4) is 0 Å². The lowest BCUT2D eigenvalue weighted by Crippen LogP contribution is -2.49. The van der Waals surface area contributed by atoms with Crippen molar-refractivity contribution >= 4 is 18.2 Å². The first-order chi connectivity index (χ1) is 19.4. The molecule has 1 aliphatic heterocycles. The summed E-state index contributed by atoms with van der Waals surface area (Å²) in [5.74, 6) is 0. The molecule has 0 N–H and O–H groups in total. The predicted octanol–water partition coefficient (Wildman–Crippen LogP) is 7.24. The van der Waals surface area contributed by atoms with E-state index >= 15 is 0 Å².